The van der Waals surface area contributed by atoms with Crippen molar-refractivity contribution in [2.45, 2.75) is 12.6 Å². The Morgan fingerprint density at radius 2 is 1.86 bits per heavy atom. The van der Waals surface area contributed by atoms with Crippen LogP contribution in [0.4, 0.5) is 5.82 Å². The van der Waals surface area contributed by atoms with E-state index in [-0.39, 0.29) is 6.54 Å². The first-order valence-electron chi connectivity index (χ1n) is 9.08. The third kappa shape index (κ3) is 5.22. The molecule has 1 aliphatic rings. The van der Waals surface area contributed by atoms with Crippen molar-refractivity contribution in [1.82, 2.24) is 19.6 Å². The number of methoxy groups -OCH3 is 2. The molecular formula is C17H25N5O6S. The van der Waals surface area contributed by atoms with E-state index in [4.69, 9.17) is 14.0 Å². The molecule has 1 aliphatic heterocycles. The molecule has 0 radical (unpaired) electrons. The highest BCUT2D eigenvalue weighted by atomic mass is 32.2. The Balaban J connectivity index is 1.79. The zero-order chi connectivity index (χ0) is 21.0. The molecule has 3 rings (SSSR count). The number of anilines is 1. The predicted octanol–water partition coefficient (Wildman–Crippen LogP) is -0.130. The van der Waals surface area contributed by atoms with Crippen molar-refractivity contribution in [1.29, 1.82) is 0 Å². The summed E-state index contributed by atoms with van der Waals surface area (Å²) in [5.74, 6) is 1.92. The number of ether oxygens (including phenoxy) is 2. The summed E-state index contributed by atoms with van der Waals surface area (Å²) >= 11 is 0. The first-order valence-corrected chi connectivity index (χ1v) is 10.5. The number of benzene rings is 1. The third-order valence-electron chi connectivity index (χ3n) is 4.82. The van der Waals surface area contributed by atoms with E-state index in [9.17, 15) is 13.5 Å². The maximum Gasteiger partial charge on any atom is 0.333 e. The Kier molecular flexibility index (Phi) is 6.70. The first-order chi connectivity index (χ1) is 13.8. The average molecular weight is 427 g/mol. The Morgan fingerprint density at radius 1 is 1.14 bits per heavy atom. The Morgan fingerprint density at radius 3 is 2.55 bits per heavy atom. The van der Waals surface area contributed by atoms with Crippen LogP contribution in [0, 0.1) is 0 Å². The fourth-order valence-corrected chi connectivity index (χ4v) is 3.74. The summed E-state index contributed by atoms with van der Waals surface area (Å²) in [6.07, 6.45) is 1.20. The topological polar surface area (TPSA) is 137 Å². The zero-order valence-corrected chi connectivity index (χ0v) is 17.1. The lowest BCUT2D eigenvalue weighted by atomic mass is 10.2. The molecule has 12 heteroatoms. The number of hydrogen-bond acceptors (Lipinski definition) is 9. The van der Waals surface area contributed by atoms with Gasteiger partial charge in [0.1, 0.15) is 18.4 Å². The Bertz CT molecular complexity index is 957. The van der Waals surface area contributed by atoms with Gasteiger partial charge in [0.2, 0.25) is 0 Å². The molecule has 160 valence electrons. The Labute approximate surface area is 169 Å². The molecule has 1 saturated heterocycles. The Hall–Kier alpha value is -2.25. The van der Waals surface area contributed by atoms with Crippen LogP contribution in [-0.4, -0.2) is 86.1 Å². The van der Waals surface area contributed by atoms with E-state index in [0.29, 0.717) is 37.7 Å². The van der Waals surface area contributed by atoms with Gasteiger partial charge in [-0.15, -0.1) is 0 Å². The SMILES string of the molecule is COc1cc2ncnc(N3CCCN(C(O)CNS(=O)(=O)O)CC3)c2cc1OC. The zero-order valence-electron chi connectivity index (χ0n) is 16.3. The number of aliphatic hydroxyl groups excluding tert-OH is 1. The maximum atomic E-state index is 10.8. The summed E-state index contributed by atoms with van der Waals surface area (Å²) in [6.45, 7) is 2.06. The minimum atomic E-state index is -4.34. The summed E-state index contributed by atoms with van der Waals surface area (Å²) in [7, 11) is -1.21. The van der Waals surface area contributed by atoms with Gasteiger partial charge in [-0.1, -0.05) is 0 Å². The molecule has 0 bridgehead atoms. The molecule has 1 atom stereocenters. The number of fused-ring (bicyclic) bond motifs is 1. The molecule has 2 heterocycles. The lowest BCUT2D eigenvalue weighted by Gasteiger charge is -2.27. The van der Waals surface area contributed by atoms with Crippen LogP contribution in [0.1, 0.15) is 6.42 Å². The number of aromatic nitrogens is 2. The number of hydrogen-bond donors (Lipinski definition) is 3. The summed E-state index contributed by atoms with van der Waals surface area (Å²) < 4.78 is 43.1. The minimum Gasteiger partial charge on any atom is -0.493 e. The van der Waals surface area contributed by atoms with Gasteiger partial charge in [0.15, 0.2) is 11.5 Å². The molecule has 2 aromatic rings. The van der Waals surface area contributed by atoms with E-state index < -0.39 is 16.5 Å². The molecule has 1 aromatic carbocycles. The van der Waals surface area contributed by atoms with Gasteiger partial charge < -0.3 is 19.5 Å². The summed E-state index contributed by atoms with van der Waals surface area (Å²) in [6, 6.07) is 3.64. The quantitative estimate of drug-likeness (QED) is 0.512. The number of aliphatic hydroxyl groups is 1. The van der Waals surface area contributed by atoms with Gasteiger partial charge in [-0.2, -0.15) is 13.1 Å². The van der Waals surface area contributed by atoms with Crippen LogP contribution in [0.3, 0.4) is 0 Å². The van der Waals surface area contributed by atoms with E-state index in [1.54, 1.807) is 25.2 Å². The average Bonchev–Trinajstić information content (AvgIpc) is 2.96. The van der Waals surface area contributed by atoms with Crippen molar-refractivity contribution in [2.24, 2.45) is 0 Å². The van der Waals surface area contributed by atoms with E-state index in [2.05, 4.69) is 14.9 Å². The van der Waals surface area contributed by atoms with Gasteiger partial charge in [0, 0.05) is 37.6 Å². The van der Waals surface area contributed by atoms with Crippen molar-refractivity contribution in [3.8, 4) is 11.5 Å². The predicted molar refractivity (Wildman–Crippen MR) is 107 cm³/mol. The van der Waals surface area contributed by atoms with Crippen LogP contribution >= 0.6 is 0 Å². The number of rotatable bonds is 7. The van der Waals surface area contributed by atoms with Crippen LogP contribution in [0.25, 0.3) is 10.9 Å². The highest BCUT2D eigenvalue weighted by molar-refractivity contribution is 7.83. The number of nitrogens with one attached hydrogen (secondary N) is 1. The highest BCUT2D eigenvalue weighted by Crippen LogP contribution is 2.34. The van der Waals surface area contributed by atoms with Gasteiger partial charge in [-0.05, 0) is 12.5 Å². The van der Waals surface area contributed by atoms with Gasteiger partial charge >= 0.3 is 10.3 Å². The first kappa shape index (κ1) is 21.5. The van der Waals surface area contributed by atoms with Crippen LogP contribution in [-0.2, 0) is 10.3 Å². The molecule has 0 spiro atoms. The van der Waals surface area contributed by atoms with E-state index in [1.807, 2.05) is 10.8 Å². The van der Waals surface area contributed by atoms with E-state index in [0.717, 1.165) is 23.1 Å². The molecular weight excluding hydrogens is 402 g/mol. The monoisotopic (exact) mass is 427 g/mol. The van der Waals surface area contributed by atoms with Crippen molar-refractivity contribution < 1.29 is 27.6 Å². The van der Waals surface area contributed by atoms with Crippen molar-refractivity contribution in [3.05, 3.63) is 18.5 Å². The maximum absolute atomic E-state index is 10.8. The summed E-state index contributed by atoms with van der Waals surface area (Å²) in [4.78, 5) is 12.6. The van der Waals surface area contributed by atoms with Gasteiger partial charge in [-0.3, -0.25) is 9.45 Å². The van der Waals surface area contributed by atoms with Crippen LogP contribution < -0.4 is 19.1 Å². The van der Waals surface area contributed by atoms with Crippen molar-refractivity contribution in [3.63, 3.8) is 0 Å². The largest absolute Gasteiger partial charge is 0.493 e. The van der Waals surface area contributed by atoms with Crippen LogP contribution in [0.15, 0.2) is 18.5 Å². The van der Waals surface area contributed by atoms with Gasteiger partial charge in [0.05, 0.1) is 26.3 Å². The van der Waals surface area contributed by atoms with Crippen LogP contribution in [0.5, 0.6) is 11.5 Å². The second-order valence-electron chi connectivity index (χ2n) is 6.60. The molecule has 29 heavy (non-hydrogen) atoms. The second kappa shape index (κ2) is 9.05. The lowest BCUT2D eigenvalue weighted by Crippen LogP contribution is -2.45. The fraction of sp³-hybridized carbons (Fsp3) is 0.529. The smallest absolute Gasteiger partial charge is 0.333 e. The normalized spacial score (nSPS) is 17.2. The standard InChI is InChI=1S/C17H25N5O6S/c1-27-14-8-12-13(9-15(14)28-2)18-11-19-17(12)22-5-3-4-21(6-7-22)16(23)10-20-29(24,25)26/h8-9,11,16,20,23H,3-7,10H2,1-2H3,(H,24,25,26). The minimum absolute atomic E-state index is 0.285. The van der Waals surface area contributed by atoms with Gasteiger partial charge in [-0.25, -0.2) is 9.97 Å². The van der Waals surface area contributed by atoms with Crippen molar-refractivity contribution in [2.75, 3.05) is 51.8 Å². The molecule has 0 aliphatic carbocycles. The summed E-state index contributed by atoms with van der Waals surface area (Å²) in [5.41, 5.74) is 0.728. The molecule has 1 fully saturated rings. The number of nitrogens with zero attached hydrogens (tertiary/aromatic N) is 4. The molecule has 1 aromatic heterocycles. The van der Waals surface area contributed by atoms with E-state index >= 15 is 0 Å². The molecule has 0 amide bonds. The molecule has 11 nitrogen and oxygen atoms in total. The van der Waals surface area contributed by atoms with Crippen LogP contribution in [0.2, 0.25) is 0 Å². The van der Waals surface area contributed by atoms with E-state index in [1.165, 1.54) is 6.33 Å². The van der Waals surface area contributed by atoms with Gasteiger partial charge in [0.25, 0.3) is 0 Å². The highest BCUT2D eigenvalue weighted by Gasteiger charge is 2.23. The second-order valence-corrected chi connectivity index (χ2v) is 7.84. The summed E-state index contributed by atoms with van der Waals surface area (Å²) in [5, 5.41) is 11.1. The molecule has 1 unspecified atom stereocenters. The molecule has 3 N–H and O–H groups in total. The fourth-order valence-electron chi connectivity index (χ4n) is 3.38. The lowest BCUT2D eigenvalue weighted by molar-refractivity contribution is 0.0128. The third-order valence-corrected chi connectivity index (χ3v) is 5.35. The molecule has 0 saturated carbocycles. The van der Waals surface area contributed by atoms with Crippen molar-refractivity contribution >= 4 is 27.0 Å².